The minimum absolute atomic E-state index is 0.530. The van der Waals surface area contributed by atoms with Gasteiger partial charge in [0.1, 0.15) is 0 Å². The molecule has 0 bridgehead atoms. The number of hydrogen-bond acceptors (Lipinski definition) is 2. The summed E-state index contributed by atoms with van der Waals surface area (Å²) in [6.45, 7) is 8.65. The van der Waals surface area contributed by atoms with Crippen molar-refractivity contribution >= 4 is 5.96 Å². The number of hydrogen-bond donors (Lipinski definition) is 1. The van der Waals surface area contributed by atoms with E-state index in [0.29, 0.717) is 18.4 Å². The maximum absolute atomic E-state index is 5.97. The standard InChI is InChI=1S/C13H22N4/c1-4-17(13(14)16-9-11(2)3)10-12-7-5-6-8-15-12/h5-8,11H,4,9-10H2,1-3H3,(H2,14,16). The van der Waals surface area contributed by atoms with E-state index >= 15 is 0 Å². The molecule has 1 aromatic heterocycles. The van der Waals surface area contributed by atoms with Crippen molar-refractivity contribution < 1.29 is 0 Å². The summed E-state index contributed by atoms with van der Waals surface area (Å²) >= 11 is 0. The second kappa shape index (κ2) is 6.89. The van der Waals surface area contributed by atoms with Crippen molar-refractivity contribution in [3.63, 3.8) is 0 Å². The molecule has 0 aromatic carbocycles. The number of aromatic nitrogens is 1. The summed E-state index contributed by atoms with van der Waals surface area (Å²) in [6.07, 6.45) is 1.80. The Balaban J connectivity index is 2.62. The fourth-order valence-electron chi connectivity index (χ4n) is 1.42. The predicted molar refractivity (Wildman–Crippen MR) is 71.6 cm³/mol. The van der Waals surface area contributed by atoms with Crippen LogP contribution in [0.3, 0.4) is 0 Å². The van der Waals surface area contributed by atoms with Crippen molar-refractivity contribution in [2.24, 2.45) is 16.6 Å². The first kappa shape index (κ1) is 13.5. The zero-order chi connectivity index (χ0) is 12.7. The van der Waals surface area contributed by atoms with E-state index in [0.717, 1.165) is 18.8 Å². The molecule has 1 heterocycles. The van der Waals surface area contributed by atoms with Crippen LogP contribution in [0.5, 0.6) is 0 Å². The van der Waals surface area contributed by atoms with Crippen molar-refractivity contribution in [2.75, 3.05) is 13.1 Å². The molecular formula is C13H22N4. The van der Waals surface area contributed by atoms with Gasteiger partial charge in [-0.2, -0.15) is 0 Å². The molecule has 0 spiro atoms. The summed E-state index contributed by atoms with van der Waals surface area (Å²) < 4.78 is 0. The van der Waals surface area contributed by atoms with E-state index in [9.17, 15) is 0 Å². The van der Waals surface area contributed by atoms with Gasteiger partial charge in [0.25, 0.3) is 0 Å². The molecule has 94 valence electrons. The van der Waals surface area contributed by atoms with Gasteiger partial charge in [-0.1, -0.05) is 19.9 Å². The van der Waals surface area contributed by atoms with Gasteiger partial charge in [0.2, 0.25) is 0 Å². The quantitative estimate of drug-likeness (QED) is 0.625. The third-order valence-corrected chi connectivity index (χ3v) is 2.40. The van der Waals surface area contributed by atoms with Crippen LogP contribution in [0.25, 0.3) is 0 Å². The molecule has 1 aromatic rings. The summed E-state index contributed by atoms with van der Waals surface area (Å²) in [6, 6.07) is 5.89. The highest BCUT2D eigenvalue weighted by molar-refractivity contribution is 5.78. The zero-order valence-corrected chi connectivity index (χ0v) is 10.9. The lowest BCUT2D eigenvalue weighted by molar-refractivity contribution is 0.421. The van der Waals surface area contributed by atoms with Crippen molar-refractivity contribution in [3.8, 4) is 0 Å². The van der Waals surface area contributed by atoms with E-state index < -0.39 is 0 Å². The Hall–Kier alpha value is -1.58. The number of nitrogens with zero attached hydrogens (tertiary/aromatic N) is 3. The molecule has 4 nitrogen and oxygen atoms in total. The normalized spacial score (nSPS) is 11.9. The van der Waals surface area contributed by atoms with E-state index in [2.05, 4.69) is 30.7 Å². The van der Waals surface area contributed by atoms with Gasteiger partial charge in [-0.15, -0.1) is 0 Å². The number of guanidine groups is 1. The van der Waals surface area contributed by atoms with Crippen LogP contribution in [0.1, 0.15) is 26.5 Å². The van der Waals surface area contributed by atoms with Gasteiger partial charge >= 0.3 is 0 Å². The van der Waals surface area contributed by atoms with Crippen LogP contribution < -0.4 is 5.73 Å². The van der Waals surface area contributed by atoms with Gasteiger partial charge in [-0.25, -0.2) is 0 Å². The van der Waals surface area contributed by atoms with Crippen LogP contribution in [-0.4, -0.2) is 28.9 Å². The first-order valence-corrected chi connectivity index (χ1v) is 6.08. The van der Waals surface area contributed by atoms with Crippen LogP contribution in [0.4, 0.5) is 0 Å². The molecule has 0 aliphatic heterocycles. The number of aliphatic imine (C=N–C) groups is 1. The molecule has 0 aliphatic rings. The Labute approximate surface area is 104 Å². The lowest BCUT2D eigenvalue weighted by Crippen LogP contribution is -2.37. The Morgan fingerprint density at radius 2 is 2.24 bits per heavy atom. The van der Waals surface area contributed by atoms with Crippen LogP contribution in [-0.2, 0) is 6.54 Å². The third-order valence-electron chi connectivity index (χ3n) is 2.40. The predicted octanol–water partition coefficient (Wildman–Crippen LogP) is 1.87. The fourth-order valence-corrected chi connectivity index (χ4v) is 1.42. The average molecular weight is 234 g/mol. The maximum Gasteiger partial charge on any atom is 0.191 e. The Morgan fingerprint density at radius 3 is 2.76 bits per heavy atom. The molecule has 1 rings (SSSR count). The maximum atomic E-state index is 5.97. The fraction of sp³-hybridized carbons (Fsp3) is 0.538. The van der Waals surface area contributed by atoms with Crippen molar-refractivity contribution in [1.29, 1.82) is 0 Å². The average Bonchev–Trinajstić information content (AvgIpc) is 2.34. The monoisotopic (exact) mass is 234 g/mol. The third kappa shape index (κ3) is 4.85. The van der Waals surface area contributed by atoms with Crippen LogP contribution in [0.2, 0.25) is 0 Å². The first-order valence-electron chi connectivity index (χ1n) is 6.08. The molecule has 0 aliphatic carbocycles. The molecule has 0 amide bonds. The van der Waals surface area contributed by atoms with Gasteiger partial charge in [0.15, 0.2) is 5.96 Å². The van der Waals surface area contributed by atoms with E-state index in [4.69, 9.17) is 5.73 Å². The van der Waals surface area contributed by atoms with Crippen molar-refractivity contribution in [2.45, 2.75) is 27.3 Å². The first-order chi connectivity index (χ1) is 8.13. The summed E-state index contributed by atoms with van der Waals surface area (Å²) in [7, 11) is 0. The minimum Gasteiger partial charge on any atom is -0.370 e. The summed E-state index contributed by atoms with van der Waals surface area (Å²) in [5.41, 5.74) is 6.98. The number of pyridine rings is 1. The summed E-state index contributed by atoms with van der Waals surface area (Å²) in [5.74, 6) is 1.13. The number of nitrogens with two attached hydrogens (primary N) is 1. The highest BCUT2D eigenvalue weighted by atomic mass is 15.2. The van der Waals surface area contributed by atoms with Crippen LogP contribution in [0.15, 0.2) is 29.4 Å². The number of rotatable bonds is 5. The minimum atomic E-state index is 0.530. The molecule has 0 saturated heterocycles. The van der Waals surface area contributed by atoms with Crippen LogP contribution in [0, 0.1) is 5.92 Å². The van der Waals surface area contributed by atoms with E-state index in [1.807, 2.05) is 23.1 Å². The van der Waals surface area contributed by atoms with Crippen molar-refractivity contribution in [3.05, 3.63) is 30.1 Å². The Kier molecular flexibility index (Phi) is 5.46. The second-order valence-electron chi connectivity index (χ2n) is 4.43. The highest BCUT2D eigenvalue weighted by Crippen LogP contribution is 2.01. The molecule has 17 heavy (non-hydrogen) atoms. The summed E-state index contributed by atoms with van der Waals surface area (Å²) in [5, 5.41) is 0. The molecule has 2 N–H and O–H groups in total. The van der Waals surface area contributed by atoms with Gasteiger partial charge in [0.05, 0.1) is 12.2 Å². The molecule has 0 unspecified atom stereocenters. The smallest absolute Gasteiger partial charge is 0.191 e. The van der Waals surface area contributed by atoms with Crippen LogP contribution >= 0.6 is 0 Å². The zero-order valence-electron chi connectivity index (χ0n) is 10.9. The van der Waals surface area contributed by atoms with E-state index in [1.165, 1.54) is 0 Å². The van der Waals surface area contributed by atoms with E-state index in [1.54, 1.807) is 6.20 Å². The largest absolute Gasteiger partial charge is 0.370 e. The topological polar surface area (TPSA) is 54.5 Å². The lowest BCUT2D eigenvalue weighted by Gasteiger charge is -2.21. The van der Waals surface area contributed by atoms with Crippen molar-refractivity contribution in [1.82, 2.24) is 9.88 Å². The van der Waals surface area contributed by atoms with Gasteiger partial charge in [-0.3, -0.25) is 9.98 Å². The summed E-state index contributed by atoms with van der Waals surface area (Å²) in [4.78, 5) is 10.7. The Morgan fingerprint density at radius 1 is 1.47 bits per heavy atom. The second-order valence-corrected chi connectivity index (χ2v) is 4.43. The van der Waals surface area contributed by atoms with Gasteiger partial charge < -0.3 is 10.6 Å². The van der Waals surface area contributed by atoms with Gasteiger partial charge in [-0.05, 0) is 25.0 Å². The molecule has 0 fully saturated rings. The lowest BCUT2D eigenvalue weighted by atomic mass is 10.2. The molecule has 0 atom stereocenters. The Bertz CT molecular complexity index is 346. The molecule has 4 heteroatoms. The SMILES string of the molecule is CCN(Cc1ccccn1)C(N)=NCC(C)C. The highest BCUT2D eigenvalue weighted by Gasteiger charge is 2.07. The molecule has 0 radical (unpaired) electrons. The molecule has 0 saturated carbocycles. The van der Waals surface area contributed by atoms with E-state index in [-0.39, 0.29) is 0 Å². The van der Waals surface area contributed by atoms with Gasteiger partial charge in [0, 0.05) is 19.3 Å². The molecular weight excluding hydrogens is 212 g/mol.